The number of carbonyl (C=O) groups excluding carboxylic acids is 2. The highest BCUT2D eigenvalue weighted by atomic mass is 32.3. The first kappa shape index (κ1) is 50.2. The van der Waals surface area contributed by atoms with Crippen LogP contribution in [0.2, 0.25) is 0 Å². The summed E-state index contributed by atoms with van der Waals surface area (Å²) in [6.07, 6.45) is -35.9. The average molecular weight is 935 g/mol. The maximum Gasteiger partial charge on any atom is 0.397 e. The van der Waals surface area contributed by atoms with Gasteiger partial charge in [0.25, 0.3) is 0 Å². The lowest BCUT2D eigenvalue weighted by Gasteiger charge is -2.49. The van der Waals surface area contributed by atoms with E-state index >= 15 is 0 Å². The number of ether oxygens (including phenoxy) is 7. The van der Waals surface area contributed by atoms with Crippen LogP contribution >= 0.6 is 0 Å². The number of carboxylic acids is 2. The molecule has 350 valence electrons. The molecule has 4 rings (SSSR count). The lowest BCUT2D eigenvalue weighted by Crippen LogP contribution is -2.70. The second-order valence-electron chi connectivity index (χ2n) is 13.4. The topological polar surface area (TPSA) is 475 Å². The Hall–Kier alpha value is -3.40. The van der Waals surface area contributed by atoms with Gasteiger partial charge in [-0.3, -0.25) is 24.0 Å². The number of hydrogen-bond acceptors (Lipinski definition) is 25. The molecule has 31 nitrogen and oxygen atoms in total. The molecule has 0 aromatic rings. The molecule has 0 saturated carbocycles. The zero-order valence-corrected chi connectivity index (χ0v) is 32.6. The smallest absolute Gasteiger partial charge is 0.397 e. The molecule has 18 atom stereocenters. The van der Waals surface area contributed by atoms with E-state index in [1.54, 1.807) is 0 Å². The lowest BCUT2D eigenvalue weighted by molar-refractivity contribution is -0.365. The number of rotatable bonds is 17. The standard InChI is InChI=1S/C28H42N2O29S2/c1-6(32)29-12-19(18(59-61(47,48)49)11(5-50-43)51-25(12)42)54-28-16(37)15(36)21(22(57-28)24(40)41)56-26-13(30-7(2)33)20(17(10(4-31)53-26)58-60(44,45)46)55-27-14(35)8(34)3-9(52-27)23(38)39/h3,8,10-22,25-28,31,34-37,42-43H,4-5H2,1-2H3,(H,29,32)(H,30,33)(H,38,39)(H,40,41)(H,44,45,46)(H,47,48,49)/t8-,10+,11+,12+,13+,14+,15+,16+,17-,18-,19+,20+,21-,22-,25+,26-,27-,28+/m0/s1. The Morgan fingerprint density at radius 2 is 1.21 bits per heavy atom. The van der Waals surface area contributed by atoms with Gasteiger partial charge in [-0.05, 0) is 6.08 Å². The van der Waals surface area contributed by atoms with E-state index in [9.17, 15) is 86.0 Å². The second-order valence-corrected chi connectivity index (χ2v) is 15.5. The molecule has 0 aliphatic carbocycles. The van der Waals surface area contributed by atoms with Gasteiger partial charge in [0, 0.05) is 13.8 Å². The normalized spacial score (nSPS) is 39.6. The molecular formula is C28H42N2O29S2. The summed E-state index contributed by atoms with van der Waals surface area (Å²) < 4.78 is 114. The SMILES string of the molecule is CC(=O)N[C@@H]1[C@@H](O[C@@H]2O[C@H](C(=O)O)[C@@H](O[C@@H]3O[C@H](CO)[C@H](OS(=O)(=O)O)[C@H](O[C@@H]4OC(C(=O)O)=C[C@H](O)[C@H]4O)[C@H]3NC(C)=O)[C@H](O)[C@H]2O)[C@@H](OS(=O)(=O)O)[C@@H](COO)O[C@H]1O. The Morgan fingerprint density at radius 1 is 0.689 bits per heavy atom. The van der Waals surface area contributed by atoms with Crippen LogP contribution in [0.4, 0.5) is 0 Å². The summed E-state index contributed by atoms with van der Waals surface area (Å²) in [6, 6.07) is -4.02. The third-order valence-corrected chi connectivity index (χ3v) is 9.93. The third kappa shape index (κ3) is 12.6. The first-order chi connectivity index (χ1) is 28.3. The van der Waals surface area contributed by atoms with Gasteiger partial charge in [0.1, 0.15) is 85.8 Å². The molecule has 4 aliphatic heterocycles. The number of carbonyl (C=O) groups is 4. The molecule has 0 unspecified atom stereocenters. The number of aliphatic hydroxyl groups is 6. The van der Waals surface area contributed by atoms with Crippen molar-refractivity contribution in [3.05, 3.63) is 11.8 Å². The molecule has 0 aromatic carbocycles. The van der Waals surface area contributed by atoms with E-state index in [-0.39, 0.29) is 0 Å². The predicted octanol–water partition coefficient (Wildman–Crippen LogP) is -7.97. The third-order valence-electron chi connectivity index (χ3n) is 9.00. The van der Waals surface area contributed by atoms with E-state index in [2.05, 4.69) is 23.9 Å². The molecule has 61 heavy (non-hydrogen) atoms. The Kier molecular flexibility index (Phi) is 16.8. The summed E-state index contributed by atoms with van der Waals surface area (Å²) in [6.45, 7) is -0.578. The number of nitrogens with one attached hydrogen (secondary N) is 2. The number of aliphatic carboxylic acids is 2. The van der Waals surface area contributed by atoms with Crippen molar-refractivity contribution in [3.8, 4) is 0 Å². The van der Waals surface area contributed by atoms with Crippen LogP contribution in [0.1, 0.15) is 13.8 Å². The minimum Gasteiger partial charge on any atom is -0.479 e. The fourth-order valence-corrected chi connectivity index (χ4v) is 7.58. The van der Waals surface area contributed by atoms with Gasteiger partial charge in [0.05, 0.1) is 6.61 Å². The van der Waals surface area contributed by atoms with E-state index in [1.807, 2.05) is 0 Å². The first-order valence-corrected chi connectivity index (χ1v) is 19.9. The molecule has 2 amide bonds. The monoisotopic (exact) mass is 934 g/mol. The van der Waals surface area contributed by atoms with Gasteiger partial charge in [0.15, 0.2) is 25.0 Å². The number of aliphatic hydroxyl groups excluding tert-OH is 6. The fourth-order valence-electron chi connectivity index (χ4n) is 6.55. The molecule has 0 spiro atoms. The van der Waals surface area contributed by atoms with Crippen LogP contribution in [-0.2, 0) is 86.4 Å². The Balaban J connectivity index is 1.73. The minimum absolute atomic E-state index is 0.545. The minimum atomic E-state index is -5.57. The first-order valence-electron chi connectivity index (χ1n) is 17.2. The highest BCUT2D eigenvalue weighted by Crippen LogP contribution is 2.36. The Morgan fingerprint density at radius 3 is 1.72 bits per heavy atom. The van der Waals surface area contributed by atoms with Gasteiger partial charge in [0.2, 0.25) is 23.9 Å². The summed E-state index contributed by atoms with van der Waals surface area (Å²) in [5.41, 5.74) is 0. The van der Waals surface area contributed by atoms with Gasteiger partial charge in [-0.15, -0.1) is 0 Å². The molecule has 4 heterocycles. The molecule has 0 radical (unpaired) electrons. The van der Waals surface area contributed by atoms with Gasteiger partial charge in [-0.25, -0.2) is 22.8 Å². The summed E-state index contributed by atoms with van der Waals surface area (Å²) in [4.78, 5) is 52.7. The van der Waals surface area contributed by atoms with Crippen LogP contribution < -0.4 is 10.6 Å². The van der Waals surface area contributed by atoms with Crippen molar-refractivity contribution >= 4 is 44.6 Å². The summed E-state index contributed by atoms with van der Waals surface area (Å²) in [5, 5.41) is 97.1. The number of amides is 2. The molecule has 4 aliphatic rings. The van der Waals surface area contributed by atoms with Crippen molar-refractivity contribution < 1.29 is 138 Å². The van der Waals surface area contributed by atoms with Crippen LogP contribution in [-0.4, -0.2) is 220 Å². The van der Waals surface area contributed by atoms with Gasteiger partial charge in [-0.2, -0.15) is 16.8 Å². The van der Waals surface area contributed by atoms with Crippen LogP contribution in [0.25, 0.3) is 0 Å². The Bertz CT molecular complexity index is 1830. The maximum atomic E-state index is 12.7. The molecule has 33 heteroatoms. The molecule has 3 fully saturated rings. The molecule has 3 saturated heterocycles. The highest BCUT2D eigenvalue weighted by molar-refractivity contribution is 7.81. The van der Waals surface area contributed by atoms with Crippen molar-refractivity contribution in [2.24, 2.45) is 0 Å². The maximum absolute atomic E-state index is 12.7. The van der Waals surface area contributed by atoms with E-state index < -0.39 is 174 Å². The van der Waals surface area contributed by atoms with Crippen molar-refractivity contribution in [3.63, 3.8) is 0 Å². The molecular weight excluding hydrogens is 892 g/mol. The van der Waals surface area contributed by atoms with Crippen LogP contribution in [0.5, 0.6) is 0 Å². The van der Waals surface area contributed by atoms with Gasteiger partial charge >= 0.3 is 32.7 Å². The second kappa shape index (κ2) is 20.4. The largest absolute Gasteiger partial charge is 0.479 e. The van der Waals surface area contributed by atoms with E-state index in [1.165, 1.54) is 0 Å². The van der Waals surface area contributed by atoms with E-state index in [4.69, 9.17) is 38.4 Å². The number of hydrogen-bond donors (Lipinski definition) is 13. The zero-order chi connectivity index (χ0) is 45.9. The zero-order valence-electron chi connectivity index (χ0n) is 31.0. The molecule has 13 N–H and O–H groups in total. The molecule has 0 aromatic heterocycles. The fraction of sp³-hybridized carbons (Fsp3) is 0.786. The van der Waals surface area contributed by atoms with E-state index in [0.29, 0.717) is 6.08 Å². The lowest BCUT2D eigenvalue weighted by atomic mass is 9.94. The summed E-state index contributed by atoms with van der Waals surface area (Å²) >= 11 is 0. The number of carboxylic acid groups (broad SMARTS) is 2. The summed E-state index contributed by atoms with van der Waals surface area (Å²) in [7, 11) is -11.1. The van der Waals surface area contributed by atoms with Crippen LogP contribution in [0.15, 0.2) is 11.8 Å². The Labute approximate surface area is 342 Å². The van der Waals surface area contributed by atoms with Crippen molar-refractivity contribution in [1.29, 1.82) is 0 Å². The van der Waals surface area contributed by atoms with E-state index in [0.717, 1.165) is 13.8 Å². The average Bonchev–Trinajstić information content (AvgIpc) is 3.13. The van der Waals surface area contributed by atoms with Crippen molar-refractivity contribution in [2.45, 2.75) is 124 Å². The highest BCUT2D eigenvalue weighted by Gasteiger charge is 2.58. The van der Waals surface area contributed by atoms with Crippen LogP contribution in [0.3, 0.4) is 0 Å². The van der Waals surface area contributed by atoms with Crippen molar-refractivity contribution in [2.75, 3.05) is 13.2 Å². The molecule has 0 bridgehead atoms. The quantitative estimate of drug-likeness (QED) is 0.0366. The van der Waals surface area contributed by atoms with Crippen molar-refractivity contribution in [1.82, 2.24) is 10.6 Å². The summed E-state index contributed by atoms with van der Waals surface area (Å²) in [5.74, 6) is -6.87. The van der Waals surface area contributed by atoms with Gasteiger partial charge in [-0.1, -0.05) is 0 Å². The van der Waals surface area contributed by atoms with Crippen LogP contribution in [0, 0.1) is 0 Å². The van der Waals surface area contributed by atoms with Gasteiger partial charge < -0.3 is 84.6 Å². The predicted molar refractivity (Wildman–Crippen MR) is 179 cm³/mol.